The zero-order chi connectivity index (χ0) is 21.0. The largest absolute Gasteiger partial charge is 0.479 e. The van der Waals surface area contributed by atoms with Crippen LogP contribution in [0.3, 0.4) is 0 Å². The van der Waals surface area contributed by atoms with Gasteiger partial charge in [0.05, 0.1) is 23.0 Å². The lowest BCUT2D eigenvalue weighted by molar-refractivity contribution is -0.160. The second-order valence-electron chi connectivity index (χ2n) is 6.47. The van der Waals surface area contributed by atoms with E-state index >= 15 is 0 Å². The highest BCUT2D eigenvalue weighted by Crippen LogP contribution is 2.29. The average Bonchev–Trinajstić information content (AvgIpc) is 2.72. The topological polar surface area (TPSA) is 109 Å². The third kappa shape index (κ3) is 4.52. The molecule has 2 atom stereocenters. The molecule has 0 unspecified atom stereocenters. The Morgan fingerprint density at radius 2 is 1.79 bits per heavy atom. The van der Waals surface area contributed by atoms with Crippen molar-refractivity contribution in [1.82, 2.24) is 0 Å². The summed E-state index contributed by atoms with van der Waals surface area (Å²) in [7, 11) is 0. The fourth-order valence-electron chi connectivity index (χ4n) is 2.83. The lowest BCUT2D eigenvalue weighted by Gasteiger charge is -2.31. The van der Waals surface area contributed by atoms with Gasteiger partial charge in [-0.3, -0.25) is 14.5 Å². The second kappa shape index (κ2) is 8.44. The Labute approximate surface area is 167 Å². The van der Waals surface area contributed by atoms with Crippen molar-refractivity contribution < 1.29 is 23.9 Å². The van der Waals surface area contributed by atoms with Gasteiger partial charge < -0.3 is 14.8 Å². The number of rotatable bonds is 5. The van der Waals surface area contributed by atoms with Crippen molar-refractivity contribution in [2.45, 2.75) is 26.1 Å². The van der Waals surface area contributed by atoms with E-state index in [4.69, 9.17) is 14.7 Å². The number of hydrogen-bond acceptors (Lipinski definition) is 6. The third-order valence-electron chi connectivity index (χ3n) is 4.31. The van der Waals surface area contributed by atoms with Crippen molar-refractivity contribution in [3.05, 3.63) is 54.1 Å². The lowest BCUT2D eigenvalue weighted by atomic mass is 10.1. The van der Waals surface area contributed by atoms with E-state index in [-0.39, 0.29) is 12.5 Å². The van der Waals surface area contributed by atoms with Crippen molar-refractivity contribution in [2.75, 3.05) is 16.8 Å². The predicted molar refractivity (Wildman–Crippen MR) is 104 cm³/mol. The van der Waals surface area contributed by atoms with Gasteiger partial charge in [0.15, 0.2) is 12.2 Å². The number of para-hydroxylation sites is 2. The van der Waals surface area contributed by atoms with E-state index in [2.05, 4.69) is 5.32 Å². The number of nitriles is 1. The maximum atomic E-state index is 12.8. The Balaban J connectivity index is 1.63. The van der Waals surface area contributed by atoms with Crippen molar-refractivity contribution in [1.29, 1.82) is 5.26 Å². The van der Waals surface area contributed by atoms with E-state index in [9.17, 15) is 14.4 Å². The highest BCUT2D eigenvalue weighted by atomic mass is 16.6. The molecule has 0 saturated carbocycles. The van der Waals surface area contributed by atoms with Crippen LogP contribution in [0.2, 0.25) is 0 Å². The first-order valence-electron chi connectivity index (χ1n) is 8.96. The smallest absolute Gasteiger partial charge is 0.347 e. The van der Waals surface area contributed by atoms with Gasteiger partial charge in [-0.05, 0) is 50.2 Å². The van der Waals surface area contributed by atoms with Crippen LogP contribution in [0, 0.1) is 11.3 Å². The van der Waals surface area contributed by atoms with Crippen LogP contribution in [0.5, 0.6) is 5.75 Å². The fraction of sp³-hybridized carbons (Fsp3) is 0.238. The number of amides is 2. The van der Waals surface area contributed by atoms with Crippen LogP contribution in [0.25, 0.3) is 0 Å². The van der Waals surface area contributed by atoms with Gasteiger partial charge in [0.2, 0.25) is 5.91 Å². The van der Waals surface area contributed by atoms with Crippen LogP contribution < -0.4 is 15.0 Å². The molecule has 2 amide bonds. The van der Waals surface area contributed by atoms with E-state index < -0.39 is 24.1 Å². The first-order valence-corrected chi connectivity index (χ1v) is 8.96. The molecule has 8 heteroatoms. The second-order valence-corrected chi connectivity index (χ2v) is 6.47. The van der Waals surface area contributed by atoms with Gasteiger partial charge in [-0.15, -0.1) is 0 Å². The summed E-state index contributed by atoms with van der Waals surface area (Å²) < 4.78 is 10.8. The standard InChI is InChI=1S/C21H19N3O5/c1-13(20(26)24-12-19(25)23-17-5-3-4-6-18(17)24)29-21(27)14(2)28-16-9-7-15(11-22)8-10-16/h3-10,13-14H,12H2,1-2H3,(H,23,25)/t13-,14-/m0/s1. The maximum absolute atomic E-state index is 12.8. The number of carbonyl (C=O) groups excluding carboxylic acids is 3. The molecule has 29 heavy (non-hydrogen) atoms. The Morgan fingerprint density at radius 1 is 1.10 bits per heavy atom. The molecule has 8 nitrogen and oxygen atoms in total. The average molecular weight is 393 g/mol. The molecule has 0 bridgehead atoms. The van der Waals surface area contributed by atoms with E-state index in [1.165, 1.54) is 18.7 Å². The highest BCUT2D eigenvalue weighted by Gasteiger charge is 2.32. The van der Waals surface area contributed by atoms with Gasteiger partial charge in [-0.1, -0.05) is 12.1 Å². The number of nitrogens with zero attached hydrogens (tertiary/aromatic N) is 2. The Hall–Kier alpha value is -3.86. The molecule has 0 aliphatic carbocycles. The van der Waals surface area contributed by atoms with Crippen LogP contribution in [0.4, 0.5) is 11.4 Å². The Bertz CT molecular complexity index is 981. The molecular weight excluding hydrogens is 374 g/mol. The molecule has 0 saturated heterocycles. The number of fused-ring (bicyclic) bond motifs is 1. The molecule has 0 radical (unpaired) electrons. The maximum Gasteiger partial charge on any atom is 0.347 e. The normalized spacial score (nSPS) is 14.7. The Kier molecular flexibility index (Phi) is 5.79. The zero-order valence-corrected chi connectivity index (χ0v) is 15.9. The number of ether oxygens (including phenoxy) is 2. The highest BCUT2D eigenvalue weighted by molar-refractivity contribution is 6.11. The van der Waals surface area contributed by atoms with E-state index in [1.54, 1.807) is 48.5 Å². The first-order chi connectivity index (χ1) is 13.9. The summed E-state index contributed by atoms with van der Waals surface area (Å²) >= 11 is 0. The molecule has 0 spiro atoms. The van der Waals surface area contributed by atoms with Gasteiger partial charge in [0.1, 0.15) is 12.3 Å². The van der Waals surface area contributed by atoms with Crippen molar-refractivity contribution in [2.24, 2.45) is 0 Å². The molecule has 1 N–H and O–H groups in total. The minimum atomic E-state index is -1.10. The summed E-state index contributed by atoms with van der Waals surface area (Å²) in [5.41, 5.74) is 1.53. The van der Waals surface area contributed by atoms with E-state index in [1.807, 2.05) is 6.07 Å². The van der Waals surface area contributed by atoms with Crippen LogP contribution in [0.1, 0.15) is 19.4 Å². The number of hydrogen-bond donors (Lipinski definition) is 1. The molecule has 2 aromatic carbocycles. The quantitative estimate of drug-likeness (QED) is 0.781. The molecule has 148 valence electrons. The number of nitrogens with one attached hydrogen (secondary N) is 1. The number of anilines is 2. The molecule has 2 aromatic rings. The van der Waals surface area contributed by atoms with Crippen molar-refractivity contribution >= 4 is 29.2 Å². The first kappa shape index (κ1) is 19.9. The minimum Gasteiger partial charge on any atom is -0.479 e. The predicted octanol–water partition coefficient (Wildman–Crippen LogP) is 2.24. The summed E-state index contributed by atoms with van der Waals surface area (Å²) in [6.45, 7) is 2.79. The van der Waals surface area contributed by atoms with Gasteiger partial charge in [-0.2, -0.15) is 5.26 Å². The summed E-state index contributed by atoms with van der Waals surface area (Å²) in [4.78, 5) is 38.3. The summed E-state index contributed by atoms with van der Waals surface area (Å²) in [5.74, 6) is -1.15. The lowest BCUT2D eigenvalue weighted by Crippen LogP contribution is -2.47. The van der Waals surface area contributed by atoms with Gasteiger partial charge in [0, 0.05) is 0 Å². The van der Waals surface area contributed by atoms with Crippen LogP contribution in [-0.2, 0) is 19.1 Å². The van der Waals surface area contributed by atoms with Crippen LogP contribution >= 0.6 is 0 Å². The van der Waals surface area contributed by atoms with Crippen LogP contribution in [0.15, 0.2) is 48.5 Å². The van der Waals surface area contributed by atoms with Crippen molar-refractivity contribution in [3.8, 4) is 11.8 Å². The van der Waals surface area contributed by atoms with Gasteiger partial charge in [-0.25, -0.2) is 4.79 Å². The molecule has 3 rings (SSSR count). The number of benzene rings is 2. The van der Waals surface area contributed by atoms with Crippen molar-refractivity contribution in [3.63, 3.8) is 0 Å². The minimum absolute atomic E-state index is 0.158. The summed E-state index contributed by atoms with van der Waals surface area (Å²) in [6.07, 6.45) is -2.07. The van der Waals surface area contributed by atoms with Gasteiger partial charge in [0.25, 0.3) is 5.91 Å². The number of carbonyl (C=O) groups is 3. The summed E-state index contributed by atoms with van der Waals surface area (Å²) in [5, 5.41) is 11.5. The van der Waals surface area contributed by atoms with E-state index in [0.29, 0.717) is 22.7 Å². The molecule has 1 aliphatic rings. The molecule has 0 aromatic heterocycles. The molecule has 1 aliphatic heterocycles. The number of esters is 1. The molecule has 0 fully saturated rings. The zero-order valence-electron chi connectivity index (χ0n) is 15.9. The SMILES string of the molecule is C[C@H](Oc1ccc(C#N)cc1)C(=O)O[C@@H](C)C(=O)N1CC(=O)Nc2ccccc21. The monoisotopic (exact) mass is 393 g/mol. The Morgan fingerprint density at radius 3 is 2.48 bits per heavy atom. The summed E-state index contributed by atoms with van der Waals surface area (Å²) in [6, 6.07) is 15.2. The fourth-order valence-corrected chi connectivity index (χ4v) is 2.83. The molecular formula is C21H19N3O5. The van der Waals surface area contributed by atoms with Crippen LogP contribution in [-0.4, -0.2) is 36.5 Å². The third-order valence-corrected chi connectivity index (χ3v) is 4.31. The molecule has 1 heterocycles. The van der Waals surface area contributed by atoms with E-state index in [0.717, 1.165) is 0 Å². The van der Waals surface area contributed by atoms with Gasteiger partial charge >= 0.3 is 5.97 Å².